The lowest BCUT2D eigenvalue weighted by Gasteiger charge is -2.47. The highest BCUT2D eigenvalue weighted by molar-refractivity contribution is 5.91. The molecule has 1 saturated carbocycles. The van der Waals surface area contributed by atoms with E-state index in [4.69, 9.17) is 5.73 Å². The summed E-state index contributed by atoms with van der Waals surface area (Å²) < 4.78 is 39.3. The Bertz CT molecular complexity index is 1080. The third kappa shape index (κ3) is 6.15. The number of nitrogens with two attached hydrogens (primary N) is 1. The summed E-state index contributed by atoms with van der Waals surface area (Å²) in [6.07, 6.45) is 1.79. The van der Waals surface area contributed by atoms with Gasteiger partial charge in [0, 0.05) is 30.6 Å². The molecule has 1 aromatic carbocycles. The van der Waals surface area contributed by atoms with Crippen LogP contribution in [0, 0.1) is 5.92 Å². The minimum atomic E-state index is -4.48. The number of carbonyl (C=O) groups is 2. The van der Waals surface area contributed by atoms with Crippen LogP contribution in [0.2, 0.25) is 0 Å². The molecule has 2 heterocycles. The van der Waals surface area contributed by atoms with Gasteiger partial charge >= 0.3 is 12.2 Å². The molecule has 1 atom stereocenters. The van der Waals surface area contributed by atoms with Crippen LogP contribution in [0.25, 0.3) is 10.9 Å². The SMILES string of the molecule is CCC(NC(N)=O)C1CCC(N2CC(NC(=O)CNc3ncnc4ccc(C(F)(F)F)cc34)C2)CC1. The standard InChI is InChI=1S/C24H32F3N7O2/c1-2-19(33-23(28)36)14-3-6-17(7-4-14)34-11-16(12-34)32-21(35)10-29-22-18-9-15(24(25,26)27)5-8-20(18)30-13-31-22/h5,8-9,13-14,16-17,19H,2-4,6-7,10-12H2,1H3,(H,32,35)(H3,28,33,36)(H,29,30,31). The summed E-state index contributed by atoms with van der Waals surface area (Å²) in [5.41, 5.74) is 4.86. The van der Waals surface area contributed by atoms with E-state index in [0.717, 1.165) is 57.3 Å². The normalized spacial score (nSPS) is 22.0. The maximum absolute atomic E-state index is 13.1. The fourth-order valence-corrected chi connectivity index (χ4v) is 5.32. The van der Waals surface area contributed by atoms with Gasteiger partial charge in [0.15, 0.2) is 0 Å². The van der Waals surface area contributed by atoms with E-state index < -0.39 is 17.8 Å². The third-order valence-electron chi connectivity index (χ3n) is 7.25. The fourth-order valence-electron chi connectivity index (χ4n) is 5.32. The van der Waals surface area contributed by atoms with Crippen molar-refractivity contribution in [2.45, 2.75) is 63.3 Å². The Hall–Kier alpha value is -3.15. The van der Waals surface area contributed by atoms with E-state index in [2.05, 4.69) is 37.7 Å². The van der Waals surface area contributed by atoms with Crippen molar-refractivity contribution < 1.29 is 22.8 Å². The number of carbonyl (C=O) groups excluding carboxylic acids is 2. The Morgan fingerprint density at radius 1 is 1.17 bits per heavy atom. The number of primary amides is 1. The molecule has 1 saturated heterocycles. The Balaban J connectivity index is 1.22. The summed E-state index contributed by atoms with van der Waals surface area (Å²) in [7, 11) is 0. The second kappa shape index (κ2) is 10.9. The molecule has 4 rings (SSSR count). The van der Waals surface area contributed by atoms with Crippen molar-refractivity contribution in [2.75, 3.05) is 25.0 Å². The molecule has 2 fully saturated rings. The molecule has 3 amide bonds. The zero-order valence-electron chi connectivity index (χ0n) is 20.1. The number of halogens is 3. The lowest BCUT2D eigenvalue weighted by atomic mass is 9.79. The number of alkyl halides is 3. The molecule has 9 nitrogen and oxygen atoms in total. The van der Waals surface area contributed by atoms with Crippen molar-refractivity contribution in [3.05, 3.63) is 30.1 Å². The molecule has 1 unspecified atom stereocenters. The van der Waals surface area contributed by atoms with Crippen LogP contribution in [0.1, 0.15) is 44.6 Å². The first-order valence-corrected chi connectivity index (χ1v) is 12.3. The van der Waals surface area contributed by atoms with Crippen molar-refractivity contribution in [1.82, 2.24) is 25.5 Å². The van der Waals surface area contributed by atoms with E-state index in [9.17, 15) is 22.8 Å². The molecule has 36 heavy (non-hydrogen) atoms. The maximum Gasteiger partial charge on any atom is 0.416 e. The Labute approximate surface area is 207 Å². The van der Waals surface area contributed by atoms with E-state index >= 15 is 0 Å². The largest absolute Gasteiger partial charge is 0.416 e. The summed E-state index contributed by atoms with van der Waals surface area (Å²) >= 11 is 0. The zero-order chi connectivity index (χ0) is 25.9. The second-order valence-corrected chi connectivity index (χ2v) is 9.62. The van der Waals surface area contributed by atoms with Gasteiger partial charge in [-0.2, -0.15) is 13.2 Å². The van der Waals surface area contributed by atoms with Crippen LogP contribution in [-0.2, 0) is 11.0 Å². The van der Waals surface area contributed by atoms with Gasteiger partial charge in [0.1, 0.15) is 12.1 Å². The number of benzene rings is 1. The average molecular weight is 508 g/mol. The van der Waals surface area contributed by atoms with Gasteiger partial charge in [0.2, 0.25) is 5.91 Å². The lowest BCUT2D eigenvalue weighted by Crippen LogP contribution is -2.63. The molecule has 196 valence electrons. The number of likely N-dealkylation sites (tertiary alicyclic amines) is 1. The first-order chi connectivity index (χ1) is 17.1. The predicted octanol–water partition coefficient (Wildman–Crippen LogP) is 2.87. The number of urea groups is 1. The maximum atomic E-state index is 13.1. The van der Waals surface area contributed by atoms with Crippen molar-refractivity contribution in [1.29, 1.82) is 0 Å². The Morgan fingerprint density at radius 2 is 1.89 bits per heavy atom. The monoisotopic (exact) mass is 507 g/mol. The van der Waals surface area contributed by atoms with E-state index in [1.807, 2.05) is 0 Å². The number of fused-ring (bicyclic) bond motifs is 1. The fraction of sp³-hybridized carbons (Fsp3) is 0.583. The smallest absolute Gasteiger partial charge is 0.360 e. The van der Waals surface area contributed by atoms with E-state index in [-0.39, 0.29) is 35.7 Å². The Kier molecular flexibility index (Phi) is 7.82. The number of hydrogen-bond acceptors (Lipinski definition) is 6. The third-order valence-corrected chi connectivity index (χ3v) is 7.25. The number of nitrogens with zero attached hydrogens (tertiary/aromatic N) is 3. The van der Waals surface area contributed by atoms with Gasteiger partial charge < -0.3 is 21.7 Å². The van der Waals surface area contributed by atoms with E-state index in [1.165, 1.54) is 12.4 Å². The lowest BCUT2D eigenvalue weighted by molar-refractivity contribution is -0.137. The minimum Gasteiger partial charge on any atom is -0.360 e. The van der Waals surface area contributed by atoms with Gasteiger partial charge in [0.25, 0.3) is 0 Å². The molecular formula is C24H32F3N7O2. The molecule has 0 bridgehead atoms. The second-order valence-electron chi connectivity index (χ2n) is 9.62. The van der Waals surface area contributed by atoms with Gasteiger partial charge in [-0.15, -0.1) is 0 Å². The minimum absolute atomic E-state index is 0.0379. The quantitative estimate of drug-likeness (QED) is 0.436. The molecule has 1 aliphatic carbocycles. The van der Waals surface area contributed by atoms with Crippen LogP contribution in [0.4, 0.5) is 23.8 Å². The molecule has 0 radical (unpaired) electrons. The van der Waals surface area contributed by atoms with Gasteiger partial charge in [-0.05, 0) is 56.2 Å². The summed E-state index contributed by atoms with van der Waals surface area (Å²) in [5.74, 6) is 0.376. The van der Waals surface area contributed by atoms with E-state index in [0.29, 0.717) is 17.5 Å². The van der Waals surface area contributed by atoms with Gasteiger partial charge in [0.05, 0.1) is 23.7 Å². The van der Waals surface area contributed by atoms with Crippen LogP contribution in [0.3, 0.4) is 0 Å². The highest BCUT2D eigenvalue weighted by Crippen LogP contribution is 2.33. The van der Waals surface area contributed by atoms with Crippen molar-refractivity contribution in [3.8, 4) is 0 Å². The van der Waals surface area contributed by atoms with Crippen LogP contribution in [-0.4, -0.2) is 64.6 Å². The highest BCUT2D eigenvalue weighted by Gasteiger charge is 2.36. The van der Waals surface area contributed by atoms with Crippen molar-refractivity contribution in [3.63, 3.8) is 0 Å². The number of aromatic nitrogens is 2. The molecule has 2 aliphatic rings. The molecule has 1 aromatic heterocycles. The van der Waals surface area contributed by atoms with Crippen LogP contribution in [0.5, 0.6) is 0 Å². The summed E-state index contributed by atoms with van der Waals surface area (Å²) in [6.45, 7) is 3.49. The highest BCUT2D eigenvalue weighted by atomic mass is 19.4. The van der Waals surface area contributed by atoms with Gasteiger partial charge in [-0.3, -0.25) is 9.69 Å². The topological polar surface area (TPSA) is 125 Å². The number of anilines is 1. The molecule has 0 spiro atoms. The first kappa shape index (κ1) is 25.9. The van der Waals surface area contributed by atoms with Crippen molar-refractivity contribution in [2.24, 2.45) is 11.7 Å². The van der Waals surface area contributed by atoms with Crippen molar-refractivity contribution >= 4 is 28.7 Å². The molecule has 1 aliphatic heterocycles. The molecular weight excluding hydrogens is 475 g/mol. The van der Waals surface area contributed by atoms with Crippen LogP contribution >= 0.6 is 0 Å². The number of nitrogens with one attached hydrogen (secondary N) is 3. The summed E-state index contributed by atoms with van der Waals surface area (Å²) in [5, 5.41) is 8.88. The van der Waals surface area contributed by atoms with Gasteiger partial charge in [-0.1, -0.05) is 6.92 Å². The van der Waals surface area contributed by atoms with Gasteiger partial charge in [-0.25, -0.2) is 14.8 Å². The molecule has 12 heteroatoms. The van der Waals surface area contributed by atoms with Crippen LogP contribution in [0.15, 0.2) is 24.5 Å². The van der Waals surface area contributed by atoms with Crippen LogP contribution < -0.4 is 21.7 Å². The molecule has 2 aromatic rings. The number of hydrogen-bond donors (Lipinski definition) is 4. The number of amides is 3. The average Bonchev–Trinajstić information content (AvgIpc) is 2.82. The first-order valence-electron chi connectivity index (χ1n) is 12.3. The number of rotatable bonds is 8. The predicted molar refractivity (Wildman–Crippen MR) is 129 cm³/mol. The summed E-state index contributed by atoms with van der Waals surface area (Å²) in [4.78, 5) is 34.0. The molecule has 5 N–H and O–H groups in total. The summed E-state index contributed by atoms with van der Waals surface area (Å²) in [6, 6.07) is 3.40. The van der Waals surface area contributed by atoms with E-state index in [1.54, 1.807) is 0 Å². The Morgan fingerprint density at radius 3 is 2.53 bits per heavy atom. The zero-order valence-corrected chi connectivity index (χ0v) is 20.1.